The van der Waals surface area contributed by atoms with E-state index >= 15 is 0 Å². The van der Waals surface area contributed by atoms with Crippen molar-refractivity contribution in [1.29, 1.82) is 0 Å². The van der Waals surface area contributed by atoms with Gasteiger partial charge < -0.3 is 0 Å². The van der Waals surface area contributed by atoms with Crippen LogP contribution in [-0.4, -0.2) is 60.0 Å². The third-order valence-electron chi connectivity index (χ3n) is 3.20. The molecule has 111 valence electrons. The molecule has 0 aliphatic carbocycles. The second-order valence-electron chi connectivity index (χ2n) is 6.96. The molecule has 0 saturated carbocycles. The van der Waals surface area contributed by atoms with Crippen molar-refractivity contribution in [1.82, 2.24) is 0 Å². The standard InChI is InChI=1S/3C3H9P.3ClH.Ir/c3*1-4(2)3;;;;/h3*1-3H3;3*1H;. The quantitative estimate of drug-likeness (QED) is 0.433. The third kappa shape index (κ3) is 1.84. The van der Waals surface area contributed by atoms with Crippen LogP contribution in [0.15, 0.2) is 0 Å². The molecule has 16 heavy (non-hydrogen) atoms. The van der Waals surface area contributed by atoms with Gasteiger partial charge in [-0.25, -0.2) is 0 Å². The minimum atomic E-state index is -4.44. The van der Waals surface area contributed by atoms with Crippen LogP contribution >= 0.6 is 45.2 Å². The van der Waals surface area contributed by atoms with Crippen LogP contribution in [0.2, 0.25) is 0 Å². The van der Waals surface area contributed by atoms with Crippen LogP contribution in [0.3, 0.4) is 0 Å². The number of hydrogen-bond donors (Lipinski definition) is 0. The Bertz CT molecular complexity index is 264. The van der Waals surface area contributed by atoms with Gasteiger partial charge in [-0.1, -0.05) is 0 Å². The molecule has 0 radical (unpaired) electrons. The maximum absolute atomic E-state index is 7.38. The molecular formula is C9H30Cl3IrP3. The Kier molecular flexibility index (Phi) is 4.61. The van der Waals surface area contributed by atoms with Crippen molar-refractivity contribution in [3.05, 3.63) is 0 Å². The minimum absolute atomic E-state index is 1.82. The Morgan fingerprint density at radius 3 is 0.625 bits per heavy atom. The van der Waals surface area contributed by atoms with E-state index in [4.69, 9.17) is 28.8 Å². The van der Waals surface area contributed by atoms with Gasteiger partial charge in [-0.15, -0.1) is 0 Å². The molecular weight excluding hydrogens is 500 g/mol. The molecule has 0 aromatic rings. The Labute approximate surface area is 113 Å². The van der Waals surface area contributed by atoms with Gasteiger partial charge in [-0.05, 0) is 0 Å². The second-order valence-corrected chi connectivity index (χ2v) is 121. The van der Waals surface area contributed by atoms with Crippen molar-refractivity contribution in [2.75, 3.05) is 60.0 Å². The Balaban J connectivity index is 6.63. The summed E-state index contributed by atoms with van der Waals surface area (Å²) >= 11 is 0. The molecule has 0 rings (SSSR count). The molecule has 0 fully saturated rings. The summed E-state index contributed by atoms with van der Waals surface area (Å²) in [7, 11) is 17.7. The van der Waals surface area contributed by atoms with Crippen molar-refractivity contribution in [2.45, 2.75) is 0 Å². The average molecular weight is 530 g/mol. The van der Waals surface area contributed by atoms with Crippen LogP contribution in [0.4, 0.5) is 0 Å². The fourth-order valence-corrected chi connectivity index (χ4v) is 166. The number of rotatable bonds is 3. The maximum atomic E-state index is 7.38. The predicted octanol–water partition coefficient (Wildman–Crippen LogP) is 5.34. The van der Waals surface area contributed by atoms with Gasteiger partial charge in [-0.2, -0.15) is 0 Å². The van der Waals surface area contributed by atoms with Crippen molar-refractivity contribution < 1.29 is 8.36 Å². The van der Waals surface area contributed by atoms with Gasteiger partial charge >= 0.3 is 114 Å². The molecule has 0 N–H and O–H groups in total. The summed E-state index contributed by atoms with van der Waals surface area (Å²) in [5.74, 6) is 0. The third-order valence-corrected chi connectivity index (χ3v) is 236. The molecule has 0 atom stereocenters. The van der Waals surface area contributed by atoms with E-state index in [9.17, 15) is 0 Å². The van der Waals surface area contributed by atoms with E-state index < -0.39 is 24.9 Å². The molecule has 0 saturated heterocycles. The molecule has 0 spiro atoms. The topological polar surface area (TPSA) is 0 Å². The van der Waals surface area contributed by atoms with E-state index in [1.54, 1.807) is 0 Å². The normalized spacial score (nSPS) is 23.2. The van der Waals surface area contributed by atoms with E-state index in [0.29, 0.717) is 0 Å². The SMILES string of the molecule is C[PH](C)(C)[Ir]([Cl])([Cl])([Cl])([PH](C)(C)C)[PH](C)(C)C. The molecule has 0 bridgehead atoms. The zero-order valence-corrected chi connectivity index (χ0v) is 19.6. The first-order chi connectivity index (χ1) is 6.34. The molecule has 0 aliphatic rings. The van der Waals surface area contributed by atoms with Crippen LogP contribution in [-0.2, 0) is 8.36 Å². The van der Waals surface area contributed by atoms with E-state index in [-0.39, 0.29) is 0 Å². The fourth-order valence-electron chi connectivity index (χ4n) is 2.25. The van der Waals surface area contributed by atoms with Gasteiger partial charge in [0.1, 0.15) is 0 Å². The van der Waals surface area contributed by atoms with Crippen LogP contribution in [0, 0.1) is 0 Å². The summed E-state index contributed by atoms with van der Waals surface area (Å²) in [6.07, 6.45) is 0. The van der Waals surface area contributed by atoms with Gasteiger partial charge in [0.15, 0.2) is 0 Å². The van der Waals surface area contributed by atoms with Crippen LogP contribution in [0.5, 0.6) is 0 Å². The van der Waals surface area contributed by atoms with Gasteiger partial charge in [0.25, 0.3) is 0 Å². The fraction of sp³-hybridized carbons (Fsp3) is 1.00. The van der Waals surface area contributed by atoms with Crippen LogP contribution in [0.1, 0.15) is 0 Å². The van der Waals surface area contributed by atoms with Crippen molar-refractivity contribution >= 4 is 45.2 Å². The van der Waals surface area contributed by atoms with Crippen molar-refractivity contribution in [2.24, 2.45) is 0 Å². The number of halogens is 3. The Morgan fingerprint density at radius 2 is 0.625 bits per heavy atom. The average Bonchev–Trinajstić information content (AvgIpc) is 1.76. The Hall–Kier alpha value is 2.81. The molecule has 0 amide bonds. The molecule has 0 aliphatic heterocycles. The van der Waals surface area contributed by atoms with E-state index in [0.717, 1.165) is 0 Å². The summed E-state index contributed by atoms with van der Waals surface area (Å²) in [5, 5.41) is 0. The molecule has 0 aromatic heterocycles. The molecule has 0 aromatic carbocycles. The molecule has 0 unspecified atom stereocenters. The van der Waals surface area contributed by atoms with Gasteiger partial charge in [0.05, 0.1) is 0 Å². The van der Waals surface area contributed by atoms with Gasteiger partial charge in [-0.3, -0.25) is 0 Å². The first kappa shape index (κ1) is 18.8. The van der Waals surface area contributed by atoms with E-state index in [1.807, 2.05) is 0 Å². The zero-order valence-electron chi connectivity index (χ0n) is 12.0. The second kappa shape index (κ2) is 3.92. The van der Waals surface area contributed by atoms with Crippen LogP contribution in [0.25, 0.3) is 0 Å². The first-order valence-electron chi connectivity index (χ1n) is 5.38. The summed E-state index contributed by atoms with van der Waals surface area (Å²) in [4.78, 5) is 0. The molecule has 0 nitrogen and oxygen atoms in total. The van der Waals surface area contributed by atoms with Crippen molar-refractivity contribution in [3.8, 4) is 0 Å². The molecule has 0 heterocycles. The monoisotopic (exact) mass is 529 g/mol. The van der Waals surface area contributed by atoms with Gasteiger partial charge in [0.2, 0.25) is 0 Å². The van der Waals surface area contributed by atoms with E-state index in [2.05, 4.69) is 60.0 Å². The summed E-state index contributed by atoms with van der Waals surface area (Å²) in [5.41, 5.74) is -5.47. The van der Waals surface area contributed by atoms with Gasteiger partial charge in [0, 0.05) is 0 Å². The molecule has 7 heteroatoms. The first-order valence-corrected chi connectivity index (χ1v) is 35.1. The van der Waals surface area contributed by atoms with E-state index in [1.165, 1.54) is 0 Å². The summed E-state index contributed by atoms with van der Waals surface area (Å²) < 4.78 is 0. The van der Waals surface area contributed by atoms with Crippen LogP contribution < -0.4 is 0 Å². The number of hydrogen-bond acceptors (Lipinski definition) is 0. The predicted molar refractivity (Wildman–Crippen MR) is 95.8 cm³/mol. The Morgan fingerprint density at radius 1 is 0.500 bits per heavy atom. The summed E-state index contributed by atoms with van der Waals surface area (Å²) in [6.45, 7) is 20.5. The van der Waals surface area contributed by atoms with Crippen molar-refractivity contribution in [3.63, 3.8) is 0 Å². The zero-order chi connectivity index (χ0) is 13.9. The summed E-state index contributed by atoms with van der Waals surface area (Å²) in [6, 6.07) is 0.